The summed E-state index contributed by atoms with van der Waals surface area (Å²) in [6, 6.07) is 11.6. The Morgan fingerprint density at radius 1 is 1.22 bits per heavy atom. The Morgan fingerprint density at radius 3 is 2.83 bits per heavy atom. The van der Waals surface area contributed by atoms with Crippen molar-refractivity contribution >= 4 is 5.57 Å². The first-order valence-corrected chi connectivity index (χ1v) is 5.98. The lowest BCUT2D eigenvalue weighted by atomic mass is 10.1. The van der Waals surface area contributed by atoms with E-state index in [2.05, 4.69) is 11.1 Å². The molecule has 1 aliphatic rings. The van der Waals surface area contributed by atoms with Gasteiger partial charge < -0.3 is 10.5 Å². The molecule has 0 radical (unpaired) electrons. The number of hydrogen-bond donors (Lipinski definition) is 1. The molecule has 2 N–H and O–H groups in total. The summed E-state index contributed by atoms with van der Waals surface area (Å²) in [4.78, 5) is 4.32. The molecule has 0 fully saturated rings. The molecule has 0 spiro atoms. The van der Waals surface area contributed by atoms with E-state index < -0.39 is 0 Å². The highest BCUT2D eigenvalue weighted by Gasteiger charge is 2.14. The van der Waals surface area contributed by atoms with Crippen LogP contribution in [-0.4, -0.2) is 11.5 Å². The van der Waals surface area contributed by atoms with Gasteiger partial charge in [-0.25, -0.2) is 4.98 Å². The van der Waals surface area contributed by atoms with Gasteiger partial charge in [0.2, 0.25) is 5.88 Å². The lowest BCUT2D eigenvalue weighted by molar-refractivity contribution is 0.462. The van der Waals surface area contributed by atoms with Crippen LogP contribution in [0.25, 0.3) is 5.57 Å². The second kappa shape index (κ2) is 4.63. The number of ether oxygens (including phenoxy) is 1. The van der Waals surface area contributed by atoms with E-state index in [4.69, 9.17) is 10.5 Å². The number of rotatable bonds is 3. The fourth-order valence-corrected chi connectivity index (χ4v) is 2.13. The molecule has 0 unspecified atom stereocenters. The van der Waals surface area contributed by atoms with Crippen molar-refractivity contribution in [1.82, 2.24) is 4.98 Å². The molecule has 1 heterocycles. The summed E-state index contributed by atoms with van der Waals surface area (Å²) < 4.78 is 5.72. The van der Waals surface area contributed by atoms with Gasteiger partial charge in [-0.1, -0.05) is 24.3 Å². The maximum Gasteiger partial charge on any atom is 0.219 e. The molecule has 3 rings (SSSR count). The number of allylic oxidation sites excluding steroid dienone is 1. The van der Waals surface area contributed by atoms with Crippen LogP contribution in [0.2, 0.25) is 0 Å². The van der Waals surface area contributed by atoms with Crippen LogP contribution in [0.5, 0.6) is 11.6 Å². The van der Waals surface area contributed by atoms with Crippen molar-refractivity contribution in [2.75, 3.05) is 6.54 Å². The first-order valence-electron chi connectivity index (χ1n) is 5.98. The van der Waals surface area contributed by atoms with E-state index in [0.717, 1.165) is 12.2 Å². The second-order valence-electron chi connectivity index (χ2n) is 4.23. The average Bonchev–Trinajstić information content (AvgIpc) is 2.82. The van der Waals surface area contributed by atoms with Crippen molar-refractivity contribution in [3.8, 4) is 11.6 Å². The number of nitrogens with two attached hydrogens (primary N) is 1. The van der Waals surface area contributed by atoms with Crippen molar-refractivity contribution in [1.29, 1.82) is 0 Å². The van der Waals surface area contributed by atoms with Gasteiger partial charge in [0, 0.05) is 18.8 Å². The van der Waals surface area contributed by atoms with E-state index in [1.165, 1.54) is 16.7 Å². The molecule has 1 aliphatic carbocycles. The summed E-state index contributed by atoms with van der Waals surface area (Å²) in [5.74, 6) is 1.41. The van der Waals surface area contributed by atoms with Gasteiger partial charge in [0.05, 0.1) is 0 Å². The number of para-hydroxylation sites is 1. The Labute approximate surface area is 106 Å². The molecule has 1 aromatic carbocycles. The Bertz CT molecular complexity index is 591. The zero-order valence-electron chi connectivity index (χ0n) is 9.97. The van der Waals surface area contributed by atoms with Crippen LogP contribution in [0.3, 0.4) is 0 Å². The first-order chi connectivity index (χ1) is 8.86. The topological polar surface area (TPSA) is 48.1 Å². The molecule has 0 atom stereocenters. The molecule has 0 saturated carbocycles. The van der Waals surface area contributed by atoms with Gasteiger partial charge in [-0.05, 0) is 35.3 Å². The highest BCUT2D eigenvalue weighted by Crippen LogP contribution is 2.30. The molecule has 90 valence electrons. The van der Waals surface area contributed by atoms with Crippen LogP contribution >= 0.6 is 0 Å². The molecule has 2 aromatic rings. The van der Waals surface area contributed by atoms with Gasteiger partial charge in [-0.3, -0.25) is 0 Å². The van der Waals surface area contributed by atoms with Crippen molar-refractivity contribution in [2.24, 2.45) is 5.73 Å². The summed E-state index contributed by atoms with van der Waals surface area (Å²) in [6.07, 6.45) is 4.94. The molecule has 3 heteroatoms. The van der Waals surface area contributed by atoms with Gasteiger partial charge in [0.1, 0.15) is 5.75 Å². The quantitative estimate of drug-likeness (QED) is 0.894. The maximum atomic E-state index is 5.72. The zero-order chi connectivity index (χ0) is 12.4. The molecule has 0 bridgehead atoms. The lowest BCUT2D eigenvalue weighted by Gasteiger charge is -2.08. The van der Waals surface area contributed by atoms with Gasteiger partial charge in [-0.15, -0.1) is 0 Å². The van der Waals surface area contributed by atoms with Crippen LogP contribution in [0.1, 0.15) is 11.1 Å². The molecular weight excluding hydrogens is 224 g/mol. The minimum absolute atomic E-state index is 0.557. The molecule has 0 amide bonds. The van der Waals surface area contributed by atoms with Crippen molar-refractivity contribution < 1.29 is 4.74 Å². The van der Waals surface area contributed by atoms with Gasteiger partial charge in [0.15, 0.2) is 0 Å². The lowest BCUT2D eigenvalue weighted by Crippen LogP contribution is -2.01. The summed E-state index contributed by atoms with van der Waals surface area (Å²) in [5.41, 5.74) is 9.28. The van der Waals surface area contributed by atoms with Crippen LogP contribution < -0.4 is 10.5 Å². The largest absolute Gasteiger partial charge is 0.439 e. The zero-order valence-corrected chi connectivity index (χ0v) is 9.97. The van der Waals surface area contributed by atoms with Crippen LogP contribution in [0, 0.1) is 0 Å². The number of pyridine rings is 1. The fourth-order valence-electron chi connectivity index (χ4n) is 2.13. The standard InChI is InChI=1S/C15H14N2O/c16-9-11-6-7-12-10-17-15(8-14(11)12)18-13-4-2-1-3-5-13/h1-6,8,10H,7,9,16H2. The van der Waals surface area contributed by atoms with Crippen LogP contribution in [-0.2, 0) is 6.42 Å². The Balaban J connectivity index is 1.89. The van der Waals surface area contributed by atoms with E-state index in [0.29, 0.717) is 12.4 Å². The minimum Gasteiger partial charge on any atom is -0.439 e. The van der Waals surface area contributed by atoms with Gasteiger partial charge >= 0.3 is 0 Å². The van der Waals surface area contributed by atoms with Gasteiger partial charge in [-0.2, -0.15) is 0 Å². The molecular formula is C15H14N2O. The molecule has 1 aromatic heterocycles. The SMILES string of the molecule is NCC1=CCc2cnc(Oc3ccccc3)cc21. The fraction of sp³-hybridized carbons (Fsp3) is 0.133. The number of nitrogens with zero attached hydrogens (tertiary/aromatic N) is 1. The van der Waals surface area contributed by atoms with Crippen LogP contribution in [0.4, 0.5) is 0 Å². The summed E-state index contributed by atoms with van der Waals surface area (Å²) in [6.45, 7) is 0.557. The summed E-state index contributed by atoms with van der Waals surface area (Å²) in [5, 5.41) is 0. The normalized spacial score (nSPS) is 13.1. The molecule has 18 heavy (non-hydrogen) atoms. The average molecular weight is 238 g/mol. The summed E-state index contributed by atoms with van der Waals surface area (Å²) in [7, 11) is 0. The van der Waals surface area contributed by atoms with Crippen molar-refractivity contribution in [3.63, 3.8) is 0 Å². The number of hydrogen-bond acceptors (Lipinski definition) is 3. The summed E-state index contributed by atoms with van der Waals surface area (Å²) >= 11 is 0. The van der Waals surface area contributed by atoms with Gasteiger partial charge in [0.25, 0.3) is 0 Å². The first kappa shape index (κ1) is 11.0. The van der Waals surface area contributed by atoms with E-state index in [9.17, 15) is 0 Å². The molecule has 0 aliphatic heterocycles. The third-order valence-corrected chi connectivity index (χ3v) is 3.06. The number of aromatic nitrogens is 1. The van der Waals surface area contributed by atoms with E-state index >= 15 is 0 Å². The molecule has 3 nitrogen and oxygen atoms in total. The highest BCUT2D eigenvalue weighted by atomic mass is 16.5. The highest BCUT2D eigenvalue weighted by molar-refractivity contribution is 5.74. The number of benzene rings is 1. The second-order valence-corrected chi connectivity index (χ2v) is 4.23. The van der Waals surface area contributed by atoms with E-state index in [1.807, 2.05) is 42.6 Å². The van der Waals surface area contributed by atoms with Crippen molar-refractivity contribution in [3.05, 3.63) is 59.8 Å². The predicted octanol–water partition coefficient (Wildman–Crippen LogP) is 2.77. The van der Waals surface area contributed by atoms with Crippen LogP contribution in [0.15, 0.2) is 48.7 Å². The molecule has 0 saturated heterocycles. The third kappa shape index (κ3) is 2.00. The number of fused-ring (bicyclic) bond motifs is 1. The van der Waals surface area contributed by atoms with E-state index in [-0.39, 0.29) is 0 Å². The predicted molar refractivity (Wildman–Crippen MR) is 71.5 cm³/mol. The third-order valence-electron chi connectivity index (χ3n) is 3.06. The maximum absolute atomic E-state index is 5.72. The monoisotopic (exact) mass is 238 g/mol. The minimum atomic E-state index is 0.557. The Hall–Kier alpha value is -2.13. The Kier molecular flexibility index (Phi) is 2.82. The van der Waals surface area contributed by atoms with E-state index in [1.54, 1.807) is 0 Å². The Morgan fingerprint density at radius 2 is 2.06 bits per heavy atom. The smallest absolute Gasteiger partial charge is 0.219 e. The van der Waals surface area contributed by atoms with Crippen molar-refractivity contribution in [2.45, 2.75) is 6.42 Å².